The van der Waals surface area contributed by atoms with Gasteiger partial charge in [0.2, 0.25) is 0 Å². The van der Waals surface area contributed by atoms with Crippen LogP contribution in [0.5, 0.6) is 0 Å². The van der Waals surface area contributed by atoms with Crippen molar-refractivity contribution in [3.8, 4) is 0 Å². The summed E-state index contributed by atoms with van der Waals surface area (Å²) in [6.07, 6.45) is -0.917. The predicted molar refractivity (Wildman–Crippen MR) is 90.4 cm³/mol. The number of halogens is 1. The van der Waals surface area contributed by atoms with E-state index in [1.807, 2.05) is 13.0 Å². The Hall–Kier alpha value is -2.05. The van der Waals surface area contributed by atoms with Gasteiger partial charge in [0.15, 0.2) is 5.60 Å². The van der Waals surface area contributed by atoms with E-state index in [2.05, 4.69) is 0 Å². The summed E-state index contributed by atoms with van der Waals surface area (Å²) in [5.74, 6) is -0.0390. The molecule has 1 atom stereocenters. The van der Waals surface area contributed by atoms with Gasteiger partial charge in [0.25, 0.3) is 10.0 Å². The summed E-state index contributed by atoms with van der Waals surface area (Å²) < 4.78 is 31.7. The molecule has 0 spiro atoms. The number of ether oxygens (including phenoxy) is 1. The maximum Gasteiger partial charge on any atom is 0.424 e. The van der Waals surface area contributed by atoms with Crippen LogP contribution in [-0.2, 0) is 20.4 Å². The van der Waals surface area contributed by atoms with Gasteiger partial charge < -0.3 is 4.74 Å². The lowest BCUT2D eigenvalue weighted by molar-refractivity contribution is 0.0730. The Morgan fingerprint density at radius 2 is 1.75 bits per heavy atom. The molecule has 5 nitrogen and oxygen atoms in total. The number of sulfonamides is 1. The third-order valence-electron chi connectivity index (χ3n) is 4.01. The molecule has 2 aromatic carbocycles. The van der Waals surface area contributed by atoms with Gasteiger partial charge in [-0.25, -0.2) is 13.2 Å². The lowest BCUT2D eigenvalue weighted by Gasteiger charge is -2.24. The van der Waals surface area contributed by atoms with Crippen LogP contribution in [-0.4, -0.2) is 31.2 Å². The Bertz CT molecular complexity index is 852. The van der Waals surface area contributed by atoms with Gasteiger partial charge in [0, 0.05) is 0 Å². The minimum Gasteiger partial charge on any atom is -0.434 e. The number of aryl methyl sites for hydroxylation is 1. The second-order valence-corrected chi connectivity index (χ2v) is 7.82. The summed E-state index contributed by atoms with van der Waals surface area (Å²) in [7, 11) is -3.99. The number of hydrogen-bond acceptors (Lipinski definition) is 4. The lowest BCUT2D eigenvalue weighted by atomic mass is 9.96. The van der Waals surface area contributed by atoms with Crippen molar-refractivity contribution in [3.05, 3.63) is 65.7 Å². The van der Waals surface area contributed by atoms with Crippen molar-refractivity contribution in [2.24, 2.45) is 0 Å². The van der Waals surface area contributed by atoms with E-state index in [0.29, 0.717) is 5.56 Å². The number of rotatable bonds is 4. The van der Waals surface area contributed by atoms with Gasteiger partial charge in [-0.05, 0) is 24.6 Å². The van der Waals surface area contributed by atoms with Crippen molar-refractivity contribution in [2.75, 3.05) is 12.4 Å². The number of alkyl halides is 1. The summed E-state index contributed by atoms with van der Waals surface area (Å²) in [4.78, 5) is 12.3. The molecule has 126 valence electrons. The van der Waals surface area contributed by atoms with Gasteiger partial charge >= 0.3 is 6.09 Å². The van der Waals surface area contributed by atoms with Gasteiger partial charge in [-0.15, -0.1) is 11.6 Å². The molecule has 0 unspecified atom stereocenters. The van der Waals surface area contributed by atoms with Crippen LogP contribution in [0.1, 0.15) is 11.1 Å². The molecule has 1 aliphatic heterocycles. The van der Waals surface area contributed by atoms with E-state index >= 15 is 0 Å². The van der Waals surface area contributed by atoms with E-state index in [1.165, 1.54) is 12.1 Å². The highest BCUT2D eigenvalue weighted by Crippen LogP contribution is 2.37. The molecule has 1 heterocycles. The number of benzene rings is 2. The van der Waals surface area contributed by atoms with Crippen LogP contribution >= 0.6 is 11.6 Å². The maximum absolute atomic E-state index is 12.8. The molecule has 0 saturated carbocycles. The molecule has 0 N–H and O–H groups in total. The van der Waals surface area contributed by atoms with Crippen LogP contribution in [0.4, 0.5) is 4.79 Å². The zero-order valence-corrected chi connectivity index (χ0v) is 14.5. The van der Waals surface area contributed by atoms with Gasteiger partial charge in [-0.2, -0.15) is 4.31 Å². The van der Waals surface area contributed by atoms with Gasteiger partial charge in [-0.1, -0.05) is 48.0 Å². The summed E-state index contributed by atoms with van der Waals surface area (Å²) >= 11 is 6.05. The molecule has 1 fully saturated rings. The molecule has 1 aliphatic rings. The molecule has 2 aromatic rings. The van der Waals surface area contributed by atoms with E-state index < -0.39 is 21.7 Å². The number of amides is 1. The Morgan fingerprint density at radius 1 is 1.12 bits per heavy atom. The van der Waals surface area contributed by atoms with Crippen molar-refractivity contribution in [1.82, 2.24) is 4.31 Å². The molecule has 0 aromatic heterocycles. The molecule has 0 bridgehead atoms. The number of nitrogens with zero attached hydrogens (tertiary/aromatic N) is 1. The second kappa shape index (κ2) is 6.11. The monoisotopic (exact) mass is 365 g/mol. The quantitative estimate of drug-likeness (QED) is 0.780. The molecular formula is C17H16ClNO4S. The largest absolute Gasteiger partial charge is 0.434 e. The number of cyclic esters (lactones) is 1. The normalized spacial score (nSPS) is 20.9. The topological polar surface area (TPSA) is 63.7 Å². The number of carbonyl (C=O) groups excluding carboxylic acids is 1. The van der Waals surface area contributed by atoms with Crippen molar-refractivity contribution >= 4 is 27.7 Å². The summed E-state index contributed by atoms with van der Waals surface area (Å²) in [6, 6.07) is 15.2. The van der Waals surface area contributed by atoms with Crippen molar-refractivity contribution in [2.45, 2.75) is 17.4 Å². The number of hydrogen-bond donors (Lipinski definition) is 0. The smallest absolute Gasteiger partial charge is 0.424 e. The van der Waals surface area contributed by atoms with Crippen LogP contribution in [0.25, 0.3) is 0 Å². The first-order chi connectivity index (χ1) is 11.4. The fourth-order valence-electron chi connectivity index (χ4n) is 2.61. The third-order valence-corrected chi connectivity index (χ3v) is 6.17. The second-order valence-electron chi connectivity index (χ2n) is 5.69. The van der Waals surface area contributed by atoms with Crippen LogP contribution in [0.15, 0.2) is 59.5 Å². The molecule has 0 aliphatic carbocycles. The fourth-order valence-corrected chi connectivity index (χ4v) is 4.25. The molecular weight excluding hydrogens is 350 g/mol. The Labute approximate surface area is 145 Å². The predicted octanol–water partition coefficient (Wildman–Crippen LogP) is 3.27. The first-order valence-electron chi connectivity index (χ1n) is 7.33. The van der Waals surface area contributed by atoms with E-state index in [4.69, 9.17) is 16.3 Å². The SMILES string of the molecule is Cc1ccc(S(=O)(=O)N2C[C@](CCl)(c3ccccc3)OC2=O)cc1. The van der Waals surface area contributed by atoms with Gasteiger partial charge in [-0.3, -0.25) is 0 Å². The summed E-state index contributed by atoms with van der Waals surface area (Å²) in [5.41, 5.74) is 0.407. The van der Waals surface area contributed by atoms with E-state index in [9.17, 15) is 13.2 Å². The highest BCUT2D eigenvalue weighted by molar-refractivity contribution is 7.89. The van der Waals surface area contributed by atoms with Crippen LogP contribution in [0.2, 0.25) is 0 Å². The maximum atomic E-state index is 12.8. The van der Waals surface area contributed by atoms with Crippen molar-refractivity contribution in [3.63, 3.8) is 0 Å². The first-order valence-corrected chi connectivity index (χ1v) is 9.30. The van der Waals surface area contributed by atoms with Gasteiger partial charge in [0.05, 0.1) is 17.3 Å². The third kappa shape index (κ3) is 2.76. The van der Waals surface area contributed by atoms with Gasteiger partial charge in [0.1, 0.15) is 0 Å². The Kier molecular flexibility index (Phi) is 4.27. The summed E-state index contributed by atoms with van der Waals surface area (Å²) in [5, 5.41) is 0. The summed E-state index contributed by atoms with van der Waals surface area (Å²) in [6.45, 7) is 1.70. The molecule has 0 radical (unpaired) electrons. The molecule has 24 heavy (non-hydrogen) atoms. The molecule has 3 rings (SSSR count). The Balaban J connectivity index is 1.99. The Morgan fingerprint density at radius 3 is 2.33 bits per heavy atom. The van der Waals surface area contributed by atoms with Crippen LogP contribution in [0.3, 0.4) is 0 Å². The first kappa shape index (κ1) is 16.8. The van der Waals surface area contributed by atoms with E-state index in [-0.39, 0.29) is 17.3 Å². The number of carbonyl (C=O) groups is 1. The zero-order valence-electron chi connectivity index (χ0n) is 13.0. The lowest BCUT2D eigenvalue weighted by Crippen LogP contribution is -2.36. The zero-order chi connectivity index (χ0) is 17.4. The molecule has 1 saturated heterocycles. The van der Waals surface area contributed by atoms with Crippen LogP contribution in [0, 0.1) is 6.92 Å². The van der Waals surface area contributed by atoms with Crippen molar-refractivity contribution < 1.29 is 17.9 Å². The highest BCUT2D eigenvalue weighted by atomic mass is 35.5. The van der Waals surface area contributed by atoms with Crippen molar-refractivity contribution in [1.29, 1.82) is 0 Å². The van der Waals surface area contributed by atoms with E-state index in [0.717, 1.165) is 9.87 Å². The average Bonchev–Trinajstić information content (AvgIpc) is 2.95. The van der Waals surface area contributed by atoms with Crippen LogP contribution < -0.4 is 0 Å². The minimum absolute atomic E-state index is 0.0390. The average molecular weight is 366 g/mol. The highest BCUT2D eigenvalue weighted by Gasteiger charge is 2.50. The molecule has 7 heteroatoms. The standard InChI is InChI=1S/C17H16ClNO4S/c1-13-7-9-15(10-8-13)24(21,22)19-12-17(11-18,23-16(19)20)14-5-3-2-4-6-14/h2-10H,11-12H2,1H3/t17-/m1/s1. The fraction of sp³-hybridized carbons (Fsp3) is 0.235. The molecule has 1 amide bonds. The minimum atomic E-state index is -3.99. The van der Waals surface area contributed by atoms with E-state index in [1.54, 1.807) is 36.4 Å².